The highest BCUT2D eigenvalue weighted by atomic mass is 32.1. The second kappa shape index (κ2) is 5.66. The standard InChI is InChI=1S/C17H20FNS/c1-3-19-17(12-5-6-12)16-9-8-15(20-16)13-7-4-11(2)10-14(13)18/h4,7-10,12,17,19H,3,5-6H2,1-2H3. The molecule has 1 heterocycles. The molecule has 3 rings (SSSR count). The first-order chi connectivity index (χ1) is 9.69. The van der Waals surface area contributed by atoms with Crippen LogP contribution < -0.4 is 5.32 Å². The van der Waals surface area contributed by atoms with Crippen LogP contribution in [0.1, 0.15) is 36.2 Å². The molecule has 2 aromatic rings. The first kappa shape index (κ1) is 13.8. The first-order valence-corrected chi connectivity index (χ1v) is 8.10. The van der Waals surface area contributed by atoms with Gasteiger partial charge in [-0.1, -0.05) is 19.1 Å². The van der Waals surface area contributed by atoms with Gasteiger partial charge in [0.15, 0.2) is 0 Å². The van der Waals surface area contributed by atoms with Crippen molar-refractivity contribution in [3.8, 4) is 10.4 Å². The van der Waals surface area contributed by atoms with Gasteiger partial charge < -0.3 is 5.32 Å². The molecule has 1 unspecified atom stereocenters. The Kier molecular flexibility index (Phi) is 3.90. The van der Waals surface area contributed by atoms with Crippen molar-refractivity contribution in [3.05, 3.63) is 46.6 Å². The number of hydrogen-bond donors (Lipinski definition) is 1. The van der Waals surface area contributed by atoms with Crippen molar-refractivity contribution in [3.63, 3.8) is 0 Å². The van der Waals surface area contributed by atoms with Crippen LogP contribution in [0.3, 0.4) is 0 Å². The van der Waals surface area contributed by atoms with Gasteiger partial charge in [0.05, 0.1) is 0 Å². The Bertz CT molecular complexity index is 601. The fourth-order valence-electron chi connectivity index (χ4n) is 2.63. The molecule has 1 N–H and O–H groups in total. The van der Waals surface area contributed by atoms with Gasteiger partial charge in [0.1, 0.15) is 5.82 Å². The molecule has 0 saturated heterocycles. The van der Waals surface area contributed by atoms with Crippen molar-refractivity contribution >= 4 is 11.3 Å². The summed E-state index contributed by atoms with van der Waals surface area (Å²) in [5.41, 5.74) is 1.68. The maximum Gasteiger partial charge on any atom is 0.132 e. The number of rotatable bonds is 5. The number of nitrogens with one attached hydrogen (secondary N) is 1. The first-order valence-electron chi connectivity index (χ1n) is 7.28. The maximum atomic E-state index is 14.1. The highest BCUT2D eigenvalue weighted by molar-refractivity contribution is 7.15. The molecule has 3 heteroatoms. The summed E-state index contributed by atoms with van der Waals surface area (Å²) in [5.74, 6) is 0.647. The molecule has 1 saturated carbocycles. The summed E-state index contributed by atoms with van der Waals surface area (Å²) in [7, 11) is 0. The molecule has 1 aromatic carbocycles. The Hall–Kier alpha value is -1.19. The molecule has 20 heavy (non-hydrogen) atoms. The summed E-state index contributed by atoms with van der Waals surface area (Å²) in [6.45, 7) is 5.04. The number of benzene rings is 1. The van der Waals surface area contributed by atoms with Gasteiger partial charge in [0.2, 0.25) is 0 Å². The van der Waals surface area contributed by atoms with Crippen LogP contribution in [0.2, 0.25) is 0 Å². The predicted octanol–water partition coefficient (Wildman–Crippen LogP) is 4.92. The predicted molar refractivity (Wildman–Crippen MR) is 83.6 cm³/mol. The minimum atomic E-state index is -0.121. The molecular formula is C17H20FNS. The normalized spacial score (nSPS) is 16.4. The van der Waals surface area contributed by atoms with E-state index in [1.54, 1.807) is 17.4 Å². The molecule has 1 aromatic heterocycles. The van der Waals surface area contributed by atoms with Crippen LogP contribution in [0, 0.1) is 18.7 Å². The summed E-state index contributed by atoms with van der Waals surface area (Å²) in [6.07, 6.45) is 2.62. The van der Waals surface area contributed by atoms with Crippen LogP contribution in [-0.4, -0.2) is 6.54 Å². The second-order valence-electron chi connectivity index (χ2n) is 5.56. The van der Waals surface area contributed by atoms with Crippen molar-refractivity contribution < 1.29 is 4.39 Å². The van der Waals surface area contributed by atoms with Crippen LogP contribution in [0.15, 0.2) is 30.3 Å². The third kappa shape index (κ3) is 2.79. The van der Waals surface area contributed by atoms with Crippen molar-refractivity contribution in [2.45, 2.75) is 32.7 Å². The molecule has 0 amide bonds. The van der Waals surface area contributed by atoms with Gasteiger partial charge in [-0.3, -0.25) is 0 Å². The average Bonchev–Trinajstić information content (AvgIpc) is 3.14. The van der Waals surface area contributed by atoms with E-state index in [1.165, 1.54) is 17.7 Å². The van der Waals surface area contributed by atoms with Gasteiger partial charge in [-0.05, 0) is 56.0 Å². The number of thiophene rings is 1. The van der Waals surface area contributed by atoms with Crippen molar-refractivity contribution in [2.24, 2.45) is 5.92 Å². The van der Waals surface area contributed by atoms with Crippen molar-refractivity contribution in [1.29, 1.82) is 0 Å². The van der Waals surface area contributed by atoms with Gasteiger partial charge >= 0.3 is 0 Å². The van der Waals surface area contributed by atoms with Crippen LogP contribution >= 0.6 is 11.3 Å². The molecule has 106 valence electrons. The average molecular weight is 289 g/mol. The molecule has 1 aliphatic carbocycles. The fraction of sp³-hybridized carbons (Fsp3) is 0.412. The zero-order valence-electron chi connectivity index (χ0n) is 11.9. The van der Waals surface area contributed by atoms with Crippen LogP contribution in [0.25, 0.3) is 10.4 Å². The Balaban J connectivity index is 1.89. The van der Waals surface area contributed by atoms with E-state index in [1.807, 2.05) is 19.1 Å². The van der Waals surface area contributed by atoms with E-state index < -0.39 is 0 Å². The maximum absolute atomic E-state index is 14.1. The van der Waals surface area contributed by atoms with Crippen LogP contribution in [-0.2, 0) is 0 Å². The summed E-state index contributed by atoms with van der Waals surface area (Å²) in [6, 6.07) is 10.1. The molecule has 1 aliphatic rings. The molecule has 0 bridgehead atoms. The van der Waals surface area contributed by atoms with Gasteiger partial charge in [-0.15, -0.1) is 11.3 Å². The van der Waals surface area contributed by atoms with E-state index in [2.05, 4.69) is 24.4 Å². The molecule has 1 nitrogen and oxygen atoms in total. The SMILES string of the molecule is CCNC(c1ccc(-c2ccc(C)cc2F)s1)C1CC1. The Morgan fingerprint density at radius 2 is 2.10 bits per heavy atom. The quantitative estimate of drug-likeness (QED) is 0.823. The molecule has 0 aliphatic heterocycles. The highest BCUT2D eigenvalue weighted by Gasteiger charge is 2.32. The Morgan fingerprint density at radius 3 is 2.75 bits per heavy atom. The van der Waals surface area contributed by atoms with E-state index >= 15 is 0 Å². The van der Waals surface area contributed by atoms with E-state index in [4.69, 9.17) is 0 Å². The van der Waals surface area contributed by atoms with Gasteiger partial charge in [-0.25, -0.2) is 4.39 Å². The van der Waals surface area contributed by atoms with Gasteiger partial charge in [0.25, 0.3) is 0 Å². The highest BCUT2D eigenvalue weighted by Crippen LogP contribution is 2.44. The van der Waals surface area contributed by atoms with E-state index in [9.17, 15) is 4.39 Å². The summed E-state index contributed by atoms with van der Waals surface area (Å²) in [5, 5.41) is 3.57. The van der Waals surface area contributed by atoms with Gasteiger partial charge in [-0.2, -0.15) is 0 Å². The molecule has 1 fully saturated rings. The smallest absolute Gasteiger partial charge is 0.132 e. The summed E-state index contributed by atoms with van der Waals surface area (Å²) >= 11 is 1.72. The molecule has 1 atom stereocenters. The summed E-state index contributed by atoms with van der Waals surface area (Å²) < 4.78 is 14.1. The monoisotopic (exact) mass is 289 g/mol. The van der Waals surface area contributed by atoms with Crippen LogP contribution in [0.5, 0.6) is 0 Å². The number of hydrogen-bond acceptors (Lipinski definition) is 2. The minimum Gasteiger partial charge on any atom is -0.309 e. The lowest BCUT2D eigenvalue weighted by Gasteiger charge is -2.15. The van der Waals surface area contributed by atoms with Crippen molar-refractivity contribution in [2.75, 3.05) is 6.54 Å². The topological polar surface area (TPSA) is 12.0 Å². The number of aryl methyl sites for hydroxylation is 1. The lowest BCUT2D eigenvalue weighted by atomic mass is 10.1. The fourth-order valence-corrected chi connectivity index (χ4v) is 3.84. The molecular weight excluding hydrogens is 269 g/mol. The minimum absolute atomic E-state index is 0.121. The van der Waals surface area contributed by atoms with E-state index in [-0.39, 0.29) is 5.82 Å². The lowest BCUT2D eigenvalue weighted by molar-refractivity contribution is 0.504. The third-order valence-corrected chi connectivity index (χ3v) is 5.04. The Labute approximate surface area is 123 Å². The lowest BCUT2D eigenvalue weighted by Crippen LogP contribution is -2.21. The Morgan fingerprint density at radius 1 is 1.30 bits per heavy atom. The number of halogens is 1. The summed E-state index contributed by atoms with van der Waals surface area (Å²) in [4.78, 5) is 2.37. The second-order valence-corrected chi connectivity index (χ2v) is 6.67. The van der Waals surface area contributed by atoms with Gasteiger partial charge in [0, 0.05) is 21.4 Å². The van der Waals surface area contributed by atoms with Crippen molar-refractivity contribution in [1.82, 2.24) is 5.32 Å². The van der Waals surface area contributed by atoms with E-state index in [0.717, 1.165) is 28.5 Å². The zero-order chi connectivity index (χ0) is 14.1. The molecule has 0 spiro atoms. The van der Waals surface area contributed by atoms with E-state index in [0.29, 0.717) is 6.04 Å². The molecule has 0 radical (unpaired) electrons. The third-order valence-electron chi connectivity index (χ3n) is 3.84. The zero-order valence-corrected chi connectivity index (χ0v) is 12.8. The largest absolute Gasteiger partial charge is 0.309 e. The van der Waals surface area contributed by atoms with Crippen LogP contribution in [0.4, 0.5) is 4.39 Å².